The van der Waals surface area contributed by atoms with Crippen molar-refractivity contribution in [1.82, 2.24) is 0 Å². The third-order valence-electron chi connectivity index (χ3n) is 8.17. The van der Waals surface area contributed by atoms with E-state index in [9.17, 15) is 0 Å². The Morgan fingerprint density at radius 1 is 0.708 bits per heavy atom. The van der Waals surface area contributed by atoms with Gasteiger partial charge in [-0.2, -0.15) is 0 Å². The van der Waals surface area contributed by atoms with E-state index in [4.69, 9.17) is 0 Å². The molecule has 4 saturated carbocycles. The van der Waals surface area contributed by atoms with E-state index < -0.39 is 0 Å². The molecule has 4 rings (SSSR count). The van der Waals surface area contributed by atoms with Crippen LogP contribution in [0.25, 0.3) is 0 Å². The van der Waals surface area contributed by atoms with Gasteiger partial charge in [-0.15, -0.1) is 0 Å². The Balaban J connectivity index is 1.23. The lowest BCUT2D eigenvalue weighted by atomic mass is 9.70. The maximum absolute atomic E-state index is 4.27. The summed E-state index contributed by atoms with van der Waals surface area (Å²) in [5.41, 5.74) is 3.10. The van der Waals surface area contributed by atoms with Crippen molar-refractivity contribution in [2.24, 2.45) is 41.4 Å². The van der Waals surface area contributed by atoms with E-state index in [0.717, 1.165) is 41.4 Å². The van der Waals surface area contributed by atoms with E-state index in [1.54, 1.807) is 11.1 Å². The maximum atomic E-state index is 4.27. The summed E-state index contributed by atoms with van der Waals surface area (Å²) < 4.78 is 0. The predicted octanol–water partition coefficient (Wildman–Crippen LogP) is 7.17. The molecule has 0 aromatic rings. The van der Waals surface area contributed by atoms with Gasteiger partial charge in [-0.05, 0) is 106 Å². The minimum absolute atomic E-state index is 0.947. The van der Waals surface area contributed by atoms with Gasteiger partial charge in [0, 0.05) is 0 Å². The van der Waals surface area contributed by atoms with Crippen molar-refractivity contribution < 1.29 is 0 Å². The molecular weight excluding hydrogens is 288 g/mol. The average Bonchev–Trinajstić information content (AvgIpc) is 3.06. The molecule has 0 nitrogen and oxygen atoms in total. The summed E-state index contributed by atoms with van der Waals surface area (Å²) in [6, 6.07) is 0. The average molecular weight is 327 g/mol. The summed E-state index contributed by atoms with van der Waals surface area (Å²) in [5, 5.41) is 0. The molecule has 4 fully saturated rings. The second-order valence-corrected chi connectivity index (χ2v) is 10.3. The molecule has 4 aliphatic rings. The molecule has 0 radical (unpaired) electrons. The van der Waals surface area contributed by atoms with Crippen molar-refractivity contribution >= 4 is 0 Å². The summed E-state index contributed by atoms with van der Waals surface area (Å²) >= 11 is 0. The Morgan fingerprint density at radius 2 is 1.12 bits per heavy atom. The lowest BCUT2D eigenvalue weighted by molar-refractivity contribution is 0.154. The van der Waals surface area contributed by atoms with Crippen LogP contribution in [0.4, 0.5) is 0 Å². The zero-order valence-electron chi connectivity index (χ0n) is 15.9. The van der Waals surface area contributed by atoms with Crippen molar-refractivity contribution in [2.75, 3.05) is 0 Å². The highest BCUT2D eigenvalue weighted by Crippen LogP contribution is 2.49. The topological polar surface area (TPSA) is 0 Å². The van der Waals surface area contributed by atoms with E-state index in [0.29, 0.717) is 0 Å². The third-order valence-corrected chi connectivity index (χ3v) is 8.17. The van der Waals surface area contributed by atoms with Crippen LogP contribution < -0.4 is 0 Å². The SMILES string of the molecule is C=C1CC2CCC(CC(C)C[C@@H]3CCC4CC(=C)C[C@@H]4C3)C[C@H]2C1. The highest BCUT2D eigenvalue weighted by molar-refractivity contribution is 5.08. The number of fused-ring (bicyclic) bond motifs is 2. The van der Waals surface area contributed by atoms with Gasteiger partial charge in [-0.25, -0.2) is 0 Å². The van der Waals surface area contributed by atoms with Crippen LogP contribution in [-0.4, -0.2) is 0 Å². The van der Waals surface area contributed by atoms with Crippen molar-refractivity contribution in [3.8, 4) is 0 Å². The van der Waals surface area contributed by atoms with Gasteiger partial charge in [0.05, 0.1) is 0 Å². The highest BCUT2D eigenvalue weighted by atomic mass is 14.4. The number of rotatable bonds is 4. The first-order chi connectivity index (χ1) is 11.6. The molecule has 0 N–H and O–H groups in total. The minimum atomic E-state index is 0.947. The zero-order valence-corrected chi connectivity index (χ0v) is 15.9. The highest BCUT2D eigenvalue weighted by Gasteiger charge is 2.37. The Hall–Kier alpha value is -0.520. The van der Waals surface area contributed by atoms with Crippen LogP contribution >= 0.6 is 0 Å². The van der Waals surface area contributed by atoms with E-state index in [1.807, 2.05) is 0 Å². The summed E-state index contributed by atoms with van der Waals surface area (Å²) in [6.07, 6.45) is 17.5. The smallest absolute Gasteiger partial charge is 0.0292 e. The lowest BCUT2D eigenvalue weighted by Gasteiger charge is -2.35. The minimum Gasteiger partial charge on any atom is -0.0998 e. The van der Waals surface area contributed by atoms with Gasteiger partial charge in [0.25, 0.3) is 0 Å². The maximum Gasteiger partial charge on any atom is -0.0292 e. The first-order valence-corrected chi connectivity index (χ1v) is 10.9. The first-order valence-electron chi connectivity index (χ1n) is 10.9. The molecule has 0 heteroatoms. The fourth-order valence-corrected chi connectivity index (χ4v) is 7.20. The Kier molecular flexibility index (Phi) is 4.94. The molecule has 7 atom stereocenters. The number of allylic oxidation sites excluding steroid dienone is 2. The predicted molar refractivity (Wildman–Crippen MR) is 104 cm³/mol. The molecule has 24 heavy (non-hydrogen) atoms. The van der Waals surface area contributed by atoms with E-state index in [-0.39, 0.29) is 0 Å². The quantitative estimate of drug-likeness (QED) is 0.480. The van der Waals surface area contributed by atoms with Crippen LogP contribution in [0.15, 0.2) is 24.3 Å². The van der Waals surface area contributed by atoms with Crippen LogP contribution in [-0.2, 0) is 0 Å². The van der Waals surface area contributed by atoms with Crippen LogP contribution in [0.5, 0.6) is 0 Å². The number of hydrogen-bond acceptors (Lipinski definition) is 0. The van der Waals surface area contributed by atoms with Gasteiger partial charge in [0.1, 0.15) is 0 Å². The van der Waals surface area contributed by atoms with Crippen molar-refractivity contribution in [2.45, 2.75) is 84.0 Å². The third kappa shape index (κ3) is 3.68. The molecular formula is C24H38. The Morgan fingerprint density at radius 3 is 1.58 bits per heavy atom. The van der Waals surface area contributed by atoms with Gasteiger partial charge >= 0.3 is 0 Å². The van der Waals surface area contributed by atoms with Gasteiger partial charge in [0.15, 0.2) is 0 Å². The fraction of sp³-hybridized carbons (Fsp3) is 0.833. The fourth-order valence-electron chi connectivity index (χ4n) is 7.20. The normalized spacial score (nSPS) is 43.5. The molecule has 0 heterocycles. The molecule has 0 bridgehead atoms. The molecule has 0 saturated heterocycles. The van der Waals surface area contributed by atoms with Crippen molar-refractivity contribution in [1.29, 1.82) is 0 Å². The molecule has 134 valence electrons. The number of hydrogen-bond donors (Lipinski definition) is 0. The standard InChI is InChI=1S/C24H38/c1-16(8-19-4-6-21-10-17(2)12-23(21)14-19)9-20-5-7-22-11-18(3)13-24(22)15-20/h16,19-24H,2-15H2,1H3/t16?,19-,20?,21?,22?,23+,24+/m0/s1. The van der Waals surface area contributed by atoms with Gasteiger partial charge < -0.3 is 0 Å². The van der Waals surface area contributed by atoms with Gasteiger partial charge in [0.2, 0.25) is 0 Å². The summed E-state index contributed by atoms with van der Waals surface area (Å²) in [7, 11) is 0. The van der Waals surface area contributed by atoms with E-state index in [2.05, 4.69) is 20.1 Å². The molecule has 4 unspecified atom stereocenters. The first kappa shape index (κ1) is 16.9. The van der Waals surface area contributed by atoms with Gasteiger partial charge in [-0.3, -0.25) is 0 Å². The van der Waals surface area contributed by atoms with E-state index in [1.165, 1.54) is 77.0 Å². The molecule has 0 spiro atoms. The zero-order chi connectivity index (χ0) is 16.7. The second-order valence-electron chi connectivity index (χ2n) is 10.3. The molecule has 0 aromatic carbocycles. The van der Waals surface area contributed by atoms with Crippen molar-refractivity contribution in [3.63, 3.8) is 0 Å². The Labute approximate surface area is 150 Å². The van der Waals surface area contributed by atoms with E-state index >= 15 is 0 Å². The largest absolute Gasteiger partial charge is 0.0998 e. The van der Waals surface area contributed by atoms with Crippen LogP contribution in [0, 0.1) is 41.4 Å². The second kappa shape index (κ2) is 7.00. The monoisotopic (exact) mass is 326 g/mol. The summed E-state index contributed by atoms with van der Waals surface area (Å²) in [6.45, 7) is 11.1. The molecule has 0 aromatic heterocycles. The molecule has 4 aliphatic carbocycles. The van der Waals surface area contributed by atoms with Gasteiger partial charge in [-0.1, -0.05) is 44.1 Å². The van der Waals surface area contributed by atoms with Crippen molar-refractivity contribution in [3.05, 3.63) is 24.3 Å². The van der Waals surface area contributed by atoms with Crippen LogP contribution in [0.3, 0.4) is 0 Å². The Bertz CT molecular complexity index is 442. The van der Waals surface area contributed by atoms with Crippen LogP contribution in [0.1, 0.15) is 84.0 Å². The molecule has 0 aliphatic heterocycles. The molecule has 0 amide bonds. The lowest BCUT2D eigenvalue weighted by Crippen LogP contribution is -2.24. The summed E-state index contributed by atoms with van der Waals surface area (Å²) in [4.78, 5) is 0. The summed E-state index contributed by atoms with van der Waals surface area (Å²) in [5.74, 6) is 7.02. The van der Waals surface area contributed by atoms with Crippen LogP contribution in [0.2, 0.25) is 0 Å².